The van der Waals surface area contributed by atoms with Gasteiger partial charge in [0, 0.05) is 24.2 Å². The molecule has 1 N–H and O–H groups in total. The van der Waals surface area contributed by atoms with Crippen LogP contribution in [0.1, 0.15) is 55.7 Å². The number of rotatable bonds is 13. The van der Waals surface area contributed by atoms with Crippen molar-refractivity contribution < 1.29 is 27.7 Å². The molecule has 0 radical (unpaired) electrons. The Morgan fingerprint density at radius 1 is 1.02 bits per heavy atom. The Balaban J connectivity index is 1.77. The molecule has 0 aromatic heterocycles. The Morgan fingerprint density at radius 3 is 2.29 bits per heavy atom. The van der Waals surface area contributed by atoms with Crippen molar-refractivity contribution >= 4 is 33.2 Å². The van der Waals surface area contributed by atoms with E-state index < -0.39 is 33.4 Å². The van der Waals surface area contributed by atoms with Crippen molar-refractivity contribution in [3.8, 4) is 5.75 Å². The average molecular weight is 637 g/mol. The number of nitrogens with zero attached hydrogens (tertiary/aromatic N) is 3. The predicted octanol–water partition coefficient (Wildman–Crippen LogP) is 5.28. The molecule has 1 aliphatic carbocycles. The van der Waals surface area contributed by atoms with Gasteiger partial charge in [-0.25, -0.2) is 8.42 Å². The topological polar surface area (TPSA) is 139 Å². The Morgan fingerprint density at radius 2 is 1.69 bits per heavy atom. The first kappa shape index (κ1) is 33.4. The van der Waals surface area contributed by atoms with Crippen LogP contribution in [0.15, 0.2) is 71.6 Å². The maximum atomic E-state index is 14.3. The quantitative estimate of drug-likeness (QED) is 0.199. The van der Waals surface area contributed by atoms with Crippen molar-refractivity contribution in [1.29, 1.82) is 0 Å². The van der Waals surface area contributed by atoms with Gasteiger partial charge in [-0.3, -0.25) is 24.0 Å². The number of anilines is 1. The summed E-state index contributed by atoms with van der Waals surface area (Å²) in [5.74, 6) is -0.392. The third kappa shape index (κ3) is 7.80. The van der Waals surface area contributed by atoms with Gasteiger partial charge in [0.15, 0.2) is 0 Å². The van der Waals surface area contributed by atoms with Gasteiger partial charge in [-0.05, 0) is 74.6 Å². The van der Waals surface area contributed by atoms with Crippen LogP contribution in [0.4, 0.5) is 11.4 Å². The van der Waals surface area contributed by atoms with E-state index in [9.17, 15) is 28.1 Å². The minimum atomic E-state index is -4.49. The molecule has 1 aliphatic rings. The van der Waals surface area contributed by atoms with Crippen LogP contribution < -0.4 is 14.4 Å². The van der Waals surface area contributed by atoms with Crippen molar-refractivity contribution in [1.82, 2.24) is 10.2 Å². The van der Waals surface area contributed by atoms with E-state index in [1.807, 2.05) is 38.1 Å². The Kier molecular flexibility index (Phi) is 10.8. The molecule has 240 valence electrons. The minimum Gasteiger partial charge on any atom is -0.497 e. The number of ether oxygens (including phenoxy) is 1. The Labute approximate surface area is 264 Å². The molecule has 0 unspecified atom stereocenters. The molecule has 1 saturated carbocycles. The minimum absolute atomic E-state index is 0.0375. The molecule has 3 aromatic rings. The standard InChI is InChI=1S/C33H40N4O7S/c1-5-30(33(39)34-26-12-8-9-13-26)35(21-25-11-7-6-10-23(25)2)32(38)22-36(27-15-17-28(44-4)18-16-27)45(42,43)29-19-14-24(3)31(20-29)37(40)41/h6-7,10-11,14-20,26,30H,5,8-9,12-13,21-22H2,1-4H3,(H,34,39)/t30-/m0/s1. The van der Waals surface area contributed by atoms with Crippen LogP contribution in [-0.2, 0) is 26.2 Å². The lowest BCUT2D eigenvalue weighted by molar-refractivity contribution is -0.385. The van der Waals surface area contributed by atoms with Gasteiger partial charge < -0.3 is 15.0 Å². The molecular formula is C33H40N4O7S. The van der Waals surface area contributed by atoms with Gasteiger partial charge in [-0.15, -0.1) is 0 Å². The summed E-state index contributed by atoms with van der Waals surface area (Å²) >= 11 is 0. The molecule has 12 heteroatoms. The molecule has 0 saturated heterocycles. The highest BCUT2D eigenvalue weighted by Gasteiger charge is 2.35. The van der Waals surface area contributed by atoms with Crippen LogP contribution in [0.3, 0.4) is 0 Å². The number of carbonyl (C=O) groups is 2. The molecule has 2 amide bonds. The number of nitrogens with one attached hydrogen (secondary N) is 1. The number of hydrogen-bond acceptors (Lipinski definition) is 7. The fourth-order valence-electron chi connectivity index (χ4n) is 5.61. The summed E-state index contributed by atoms with van der Waals surface area (Å²) in [7, 11) is -3.01. The lowest BCUT2D eigenvalue weighted by Gasteiger charge is -2.34. The molecule has 0 heterocycles. The second kappa shape index (κ2) is 14.6. The largest absolute Gasteiger partial charge is 0.497 e. The van der Waals surface area contributed by atoms with Crippen LogP contribution in [0.2, 0.25) is 0 Å². The number of hydrogen-bond donors (Lipinski definition) is 1. The zero-order valence-corrected chi connectivity index (χ0v) is 26.9. The van der Waals surface area contributed by atoms with Gasteiger partial charge in [-0.1, -0.05) is 50.1 Å². The number of amides is 2. The highest BCUT2D eigenvalue weighted by molar-refractivity contribution is 7.92. The molecule has 11 nitrogen and oxygen atoms in total. The molecule has 0 bridgehead atoms. The first-order valence-electron chi connectivity index (χ1n) is 15.0. The van der Waals surface area contributed by atoms with Crippen molar-refractivity contribution in [3.63, 3.8) is 0 Å². The van der Waals surface area contributed by atoms with Gasteiger partial charge in [-0.2, -0.15) is 0 Å². The highest BCUT2D eigenvalue weighted by Crippen LogP contribution is 2.30. The van der Waals surface area contributed by atoms with E-state index in [1.165, 1.54) is 43.2 Å². The fraction of sp³-hybridized carbons (Fsp3) is 0.394. The highest BCUT2D eigenvalue weighted by atomic mass is 32.2. The molecule has 1 fully saturated rings. The first-order valence-corrected chi connectivity index (χ1v) is 16.5. The van der Waals surface area contributed by atoms with Gasteiger partial charge >= 0.3 is 0 Å². The number of nitro groups is 1. The van der Waals surface area contributed by atoms with Crippen LogP contribution in [0, 0.1) is 24.0 Å². The molecule has 45 heavy (non-hydrogen) atoms. The summed E-state index contributed by atoms with van der Waals surface area (Å²) in [5.41, 5.74) is 1.85. The van der Waals surface area contributed by atoms with E-state index in [0.717, 1.165) is 47.2 Å². The fourth-order valence-corrected chi connectivity index (χ4v) is 7.04. The van der Waals surface area contributed by atoms with Crippen LogP contribution in [0.25, 0.3) is 0 Å². The summed E-state index contributed by atoms with van der Waals surface area (Å²) in [5, 5.41) is 14.8. The maximum absolute atomic E-state index is 14.3. The van der Waals surface area contributed by atoms with Gasteiger partial charge in [0.05, 0.1) is 22.6 Å². The monoisotopic (exact) mass is 636 g/mol. The third-order valence-corrected chi connectivity index (χ3v) is 10.1. The summed E-state index contributed by atoms with van der Waals surface area (Å²) in [4.78, 5) is 40.1. The first-order chi connectivity index (χ1) is 21.5. The molecule has 4 rings (SSSR count). The van der Waals surface area contributed by atoms with Crippen LogP contribution in [0.5, 0.6) is 5.75 Å². The second-order valence-corrected chi connectivity index (χ2v) is 13.1. The molecule has 3 aromatic carbocycles. The number of sulfonamides is 1. The van der Waals surface area contributed by atoms with Gasteiger partial charge in [0.25, 0.3) is 15.7 Å². The molecule has 0 spiro atoms. The SMILES string of the molecule is CC[C@@H](C(=O)NC1CCCC1)N(Cc1ccccc1C)C(=O)CN(c1ccc(OC)cc1)S(=O)(=O)c1ccc(C)c([N+](=O)[O-])c1. The van der Waals surface area contributed by atoms with Gasteiger partial charge in [0.2, 0.25) is 11.8 Å². The third-order valence-electron chi connectivity index (χ3n) is 8.29. The van der Waals surface area contributed by atoms with E-state index in [-0.39, 0.29) is 34.8 Å². The summed E-state index contributed by atoms with van der Waals surface area (Å²) in [6.45, 7) is 4.70. The smallest absolute Gasteiger partial charge is 0.273 e. The molecular weight excluding hydrogens is 596 g/mol. The van der Waals surface area contributed by atoms with Crippen LogP contribution >= 0.6 is 0 Å². The summed E-state index contributed by atoms with van der Waals surface area (Å²) in [6.07, 6.45) is 4.12. The van der Waals surface area contributed by atoms with Gasteiger partial charge in [0.1, 0.15) is 18.3 Å². The average Bonchev–Trinajstić information content (AvgIpc) is 3.53. The normalized spacial score (nSPS) is 14.0. The maximum Gasteiger partial charge on any atom is 0.273 e. The van der Waals surface area contributed by atoms with E-state index in [2.05, 4.69) is 5.32 Å². The second-order valence-electron chi connectivity index (χ2n) is 11.3. The van der Waals surface area contributed by atoms with E-state index in [1.54, 1.807) is 12.1 Å². The van der Waals surface area contributed by atoms with E-state index >= 15 is 0 Å². The lowest BCUT2D eigenvalue weighted by Crippen LogP contribution is -2.53. The summed E-state index contributed by atoms with van der Waals surface area (Å²) in [6, 6.07) is 16.5. The van der Waals surface area contributed by atoms with Crippen molar-refractivity contribution in [2.45, 2.75) is 76.4 Å². The Hall–Kier alpha value is -4.45. The zero-order valence-electron chi connectivity index (χ0n) is 26.1. The Bertz CT molecular complexity index is 1640. The zero-order chi connectivity index (χ0) is 32.7. The number of carbonyl (C=O) groups excluding carboxylic acids is 2. The number of aryl methyl sites for hydroxylation is 2. The summed E-state index contributed by atoms with van der Waals surface area (Å²) < 4.78 is 34.5. The number of methoxy groups -OCH3 is 1. The van der Waals surface area contributed by atoms with Crippen molar-refractivity contribution in [2.75, 3.05) is 18.0 Å². The molecule has 1 atom stereocenters. The molecule has 0 aliphatic heterocycles. The van der Waals surface area contributed by atoms with E-state index in [0.29, 0.717) is 17.7 Å². The predicted molar refractivity (Wildman–Crippen MR) is 172 cm³/mol. The number of nitro benzene ring substituents is 1. The van der Waals surface area contributed by atoms with Crippen molar-refractivity contribution in [2.24, 2.45) is 0 Å². The van der Waals surface area contributed by atoms with Crippen molar-refractivity contribution in [3.05, 3.63) is 93.5 Å². The van der Waals surface area contributed by atoms with Crippen LogP contribution in [-0.4, -0.2) is 55.8 Å². The lowest BCUT2D eigenvalue weighted by atomic mass is 10.1. The van der Waals surface area contributed by atoms with E-state index in [4.69, 9.17) is 4.74 Å². The number of benzene rings is 3.